The van der Waals surface area contributed by atoms with Crippen molar-refractivity contribution in [3.8, 4) is 0 Å². The Morgan fingerprint density at radius 2 is 1.67 bits per heavy atom. The third-order valence-electron chi connectivity index (χ3n) is 4.31. The van der Waals surface area contributed by atoms with Gasteiger partial charge in [-0.05, 0) is 12.3 Å². The number of amides is 2. The summed E-state index contributed by atoms with van der Waals surface area (Å²) < 4.78 is 0. The van der Waals surface area contributed by atoms with Gasteiger partial charge in [-0.1, -0.05) is 40.5 Å². The van der Waals surface area contributed by atoms with Crippen molar-refractivity contribution in [1.82, 2.24) is 9.80 Å². The van der Waals surface area contributed by atoms with Crippen LogP contribution < -0.4 is 5.73 Å². The zero-order chi connectivity index (χ0) is 16.0. The molecule has 21 heavy (non-hydrogen) atoms. The van der Waals surface area contributed by atoms with E-state index in [2.05, 4.69) is 13.8 Å². The Morgan fingerprint density at radius 3 is 2.14 bits per heavy atom. The summed E-state index contributed by atoms with van der Waals surface area (Å²) in [5, 5.41) is 0. The minimum absolute atomic E-state index is 0.0297. The van der Waals surface area contributed by atoms with E-state index in [9.17, 15) is 9.59 Å². The summed E-state index contributed by atoms with van der Waals surface area (Å²) >= 11 is 0. The van der Waals surface area contributed by atoms with Crippen LogP contribution in [0.15, 0.2) is 0 Å². The first-order valence-electron chi connectivity index (χ1n) is 8.09. The number of hydrogen-bond acceptors (Lipinski definition) is 3. The van der Waals surface area contributed by atoms with Gasteiger partial charge >= 0.3 is 0 Å². The molecule has 0 spiro atoms. The zero-order valence-corrected chi connectivity index (χ0v) is 14.0. The maximum Gasteiger partial charge on any atom is 0.236 e. The normalized spacial score (nSPS) is 17.8. The van der Waals surface area contributed by atoms with Crippen molar-refractivity contribution in [2.24, 2.45) is 17.1 Å². The van der Waals surface area contributed by atoms with Gasteiger partial charge in [0.05, 0.1) is 6.54 Å². The second-order valence-electron chi connectivity index (χ2n) is 6.86. The molecule has 0 aromatic carbocycles. The van der Waals surface area contributed by atoms with Gasteiger partial charge in [0.2, 0.25) is 11.8 Å². The number of carbonyl (C=O) groups is 2. The summed E-state index contributed by atoms with van der Waals surface area (Å²) in [7, 11) is 0. The summed E-state index contributed by atoms with van der Waals surface area (Å²) in [6.45, 7) is 11.0. The lowest BCUT2D eigenvalue weighted by atomic mass is 9.80. The summed E-state index contributed by atoms with van der Waals surface area (Å²) in [6, 6.07) is 0. The van der Waals surface area contributed by atoms with Gasteiger partial charge in [0.15, 0.2) is 0 Å². The van der Waals surface area contributed by atoms with Gasteiger partial charge in [-0.15, -0.1) is 0 Å². The minimum atomic E-state index is -0.325. The fourth-order valence-electron chi connectivity index (χ4n) is 3.27. The number of nitrogens with zero attached hydrogens (tertiary/aromatic N) is 2. The molecule has 1 atom stereocenters. The highest BCUT2D eigenvalue weighted by Crippen LogP contribution is 2.30. The average Bonchev–Trinajstić information content (AvgIpc) is 2.45. The van der Waals surface area contributed by atoms with Crippen molar-refractivity contribution in [2.45, 2.75) is 47.0 Å². The summed E-state index contributed by atoms with van der Waals surface area (Å²) in [5.74, 6) is 0.747. The molecule has 0 aliphatic carbocycles. The van der Waals surface area contributed by atoms with Gasteiger partial charge in [-0.3, -0.25) is 9.59 Å². The average molecular weight is 297 g/mol. The van der Waals surface area contributed by atoms with E-state index in [1.807, 2.05) is 18.7 Å². The van der Waals surface area contributed by atoms with Crippen molar-refractivity contribution in [3.05, 3.63) is 0 Å². The summed E-state index contributed by atoms with van der Waals surface area (Å²) in [5.41, 5.74) is 5.05. The molecule has 1 fully saturated rings. The van der Waals surface area contributed by atoms with E-state index < -0.39 is 0 Å². The molecule has 0 bridgehead atoms. The lowest BCUT2D eigenvalue weighted by molar-refractivity contribution is -0.146. The highest BCUT2D eigenvalue weighted by molar-refractivity contribution is 5.83. The topological polar surface area (TPSA) is 66.6 Å². The van der Waals surface area contributed by atoms with E-state index in [4.69, 9.17) is 5.73 Å². The van der Waals surface area contributed by atoms with Gasteiger partial charge in [0.1, 0.15) is 0 Å². The van der Waals surface area contributed by atoms with Crippen LogP contribution in [0.4, 0.5) is 0 Å². The molecule has 2 N–H and O–H groups in total. The van der Waals surface area contributed by atoms with Crippen LogP contribution in [-0.2, 0) is 9.59 Å². The van der Waals surface area contributed by atoms with Crippen LogP contribution in [0.1, 0.15) is 47.0 Å². The van der Waals surface area contributed by atoms with Crippen molar-refractivity contribution in [1.29, 1.82) is 0 Å². The molecular weight excluding hydrogens is 266 g/mol. The second kappa shape index (κ2) is 7.78. The van der Waals surface area contributed by atoms with Crippen molar-refractivity contribution < 1.29 is 9.59 Å². The molecule has 5 heteroatoms. The molecule has 5 nitrogen and oxygen atoms in total. The molecule has 1 aliphatic rings. The maximum atomic E-state index is 12.7. The Kier molecular flexibility index (Phi) is 6.65. The molecule has 1 aliphatic heterocycles. The first kappa shape index (κ1) is 18.0. The Hall–Kier alpha value is -1.10. The van der Waals surface area contributed by atoms with Crippen LogP contribution in [0.2, 0.25) is 0 Å². The minimum Gasteiger partial charge on any atom is -0.339 e. The zero-order valence-electron chi connectivity index (χ0n) is 14.0. The van der Waals surface area contributed by atoms with Crippen LogP contribution in [-0.4, -0.2) is 54.3 Å². The smallest absolute Gasteiger partial charge is 0.236 e. The SMILES string of the molecule is CCCC(C)CC(C)(C)C(=O)N1CCN(C(=O)CN)CC1. The van der Waals surface area contributed by atoms with Crippen LogP contribution in [0.25, 0.3) is 0 Å². The van der Waals surface area contributed by atoms with Gasteiger partial charge in [-0.2, -0.15) is 0 Å². The summed E-state index contributed by atoms with van der Waals surface area (Å²) in [4.78, 5) is 27.9. The number of carbonyl (C=O) groups excluding carboxylic acids is 2. The third-order valence-corrected chi connectivity index (χ3v) is 4.31. The Balaban J connectivity index is 2.54. The molecule has 1 unspecified atom stereocenters. The Morgan fingerprint density at radius 1 is 1.14 bits per heavy atom. The van der Waals surface area contributed by atoms with E-state index in [-0.39, 0.29) is 23.8 Å². The highest BCUT2D eigenvalue weighted by Gasteiger charge is 2.35. The Labute approximate surface area is 128 Å². The number of nitrogens with two attached hydrogens (primary N) is 1. The lowest BCUT2D eigenvalue weighted by Gasteiger charge is -2.39. The maximum absolute atomic E-state index is 12.7. The first-order chi connectivity index (χ1) is 9.81. The molecule has 0 radical (unpaired) electrons. The van der Waals surface area contributed by atoms with Gasteiger partial charge in [0, 0.05) is 31.6 Å². The third kappa shape index (κ3) is 4.99. The molecule has 2 amide bonds. The molecule has 1 heterocycles. The molecule has 0 aromatic rings. The predicted octanol–water partition coefficient (Wildman–Crippen LogP) is 1.47. The molecule has 1 rings (SSSR count). The van der Waals surface area contributed by atoms with Crippen molar-refractivity contribution in [3.63, 3.8) is 0 Å². The van der Waals surface area contributed by atoms with Crippen molar-refractivity contribution in [2.75, 3.05) is 32.7 Å². The van der Waals surface area contributed by atoms with E-state index in [0.717, 1.165) is 19.3 Å². The van der Waals surface area contributed by atoms with Crippen LogP contribution in [0.5, 0.6) is 0 Å². The lowest BCUT2D eigenvalue weighted by Crippen LogP contribution is -2.54. The van der Waals surface area contributed by atoms with E-state index >= 15 is 0 Å². The van der Waals surface area contributed by atoms with Gasteiger partial charge in [0.25, 0.3) is 0 Å². The highest BCUT2D eigenvalue weighted by atomic mass is 16.2. The van der Waals surface area contributed by atoms with E-state index in [1.54, 1.807) is 4.90 Å². The molecule has 0 aromatic heterocycles. The molecule has 0 saturated carbocycles. The van der Waals surface area contributed by atoms with Crippen LogP contribution in [0, 0.1) is 11.3 Å². The van der Waals surface area contributed by atoms with Crippen molar-refractivity contribution >= 4 is 11.8 Å². The van der Waals surface area contributed by atoms with E-state index in [1.165, 1.54) is 0 Å². The largest absolute Gasteiger partial charge is 0.339 e. The number of hydrogen-bond donors (Lipinski definition) is 1. The Bertz CT molecular complexity index is 361. The standard InChI is InChI=1S/C16H31N3O2/c1-5-6-13(2)11-16(3,4)15(21)19-9-7-18(8-10-19)14(20)12-17/h13H,5-12,17H2,1-4H3. The fraction of sp³-hybridized carbons (Fsp3) is 0.875. The van der Waals surface area contributed by atoms with Crippen LogP contribution in [0.3, 0.4) is 0 Å². The quantitative estimate of drug-likeness (QED) is 0.807. The predicted molar refractivity (Wildman–Crippen MR) is 84.7 cm³/mol. The fourth-order valence-corrected chi connectivity index (χ4v) is 3.27. The second-order valence-corrected chi connectivity index (χ2v) is 6.86. The van der Waals surface area contributed by atoms with Crippen LogP contribution >= 0.6 is 0 Å². The monoisotopic (exact) mass is 297 g/mol. The van der Waals surface area contributed by atoms with E-state index in [0.29, 0.717) is 32.1 Å². The summed E-state index contributed by atoms with van der Waals surface area (Å²) in [6.07, 6.45) is 3.24. The molecule has 1 saturated heterocycles. The van der Waals surface area contributed by atoms with Gasteiger partial charge < -0.3 is 15.5 Å². The molecule has 122 valence electrons. The number of piperazine rings is 1. The van der Waals surface area contributed by atoms with Gasteiger partial charge in [-0.25, -0.2) is 0 Å². The number of rotatable bonds is 6. The molecular formula is C16H31N3O2. The first-order valence-corrected chi connectivity index (χ1v) is 8.09.